The van der Waals surface area contributed by atoms with Crippen LogP contribution in [0.15, 0.2) is 18.3 Å². The molecule has 98 valence electrons. The molecule has 0 spiro atoms. The third-order valence-electron chi connectivity index (χ3n) is 4.04. The van der Waals surface area contributed by atoms with E-state index in [-0.39, 0.29) is 6.04 Å². The number of methoxy groups -OCH3 is 1. The predicted molar refractivity (Wildman–Crippen MR) is 70.5 cm³/mol. The van der Waals surface area contributed by atoms with Crippen molar-refractivity contribution in [2.24, 2.45) is 5.73 Å². The first-order valence-corrected chi connectivity index (χ1v) is 6.81. The fourth-order valence-corrected chi connectivity index (χ4v) is 2.99. The van der Waals surface area contributed by atoms with E-state index >= 15 is 0 Å². The van der Waals surface area contributed by atoms with Crippen LogP contribution in [-0.2, 0) is 0 Å². The summed E-state index contributed by atoms with van der Waals surface area (Å²) in [5.41, 5.74) is 7.57. The quantitative estimate of drug-likeness (QED) is 0.883. The summed E-state index contributed by atoms with van der Waals surface area (Å²) in [6.45, 7) is 1.18. The highest BCUT2D eigenvalue weighted by molar-refractivity contribution is 5.23. The Kier molecular flexibility index (Phi) is 3.22. The highest BCUT2D eigenvalue weighted by Crippen LogP contribution is 2.39. The number of likely N-dealkylation sites (tertiary alicyclic amines) is 1. The molecule has 0 aromatic carbocycles. The van der Waals surface area contributed by atoms with Gasteiger partial charge in [0.15, 0.2) is 0 Å². The summed E-state index contributed by atoms with van der Waals surface area (Å²) in [6, 6.07) is 5.36. The maximum absolute atomic E-state index is 6.34. The Morgan fingerprint density at radius 3 is 2.78 bits per heavy atom. The second-order valence-corrected chi connectivity index (χ2v) is 5.35. The molecule has 2 aliphatic rings. The number of aromatic nitrogens is 1. The molecule has 0 radical (unpaired) electrons. The van der Waals surface area contributed by atoms with E-state index in [0.717, 1.165) is 12.5 Å². The molecule has 3 rings (SSSR count). The van der Waals surface area contributed by atoms with Gasteiger partial charge >= 0.3 is 0 Å². The zero-order valence-corrected chi connectivity index (χ0v) is 10.9. The standard InChI is InChI=1S/C14H21N3O/c1-18-13-7-4-10(9-16-13)14-12(15)3-2-8-17(14)11-5-6-11/h4,7,9,11-12,14H,2-3,5-6,8,15H2,1H3. The smallest absolute Gasteiger partial charge is 0.212 e. The van der Waals surface area contributed by atoms with Crippen molar-refractivity contribution in [1.82, 2.24) is 9.88 Å². The predicted octanol–water partition coefficient (Wildman–Crippen LogP) is 1.72. The van der Waals surface area contributed by atoms with Gasteiger partial charge in [-0.05, 0) is 37.8 Å². The number of rotatable bonds is 3. The van der Waals surface area contributed by atoms with E-state index in [1.165, 1.54) is 31.4 Å². The maximum atomic E-state index is 6.34. The van der Waals surface area contributed by atoms with Gasteiger partial charge in [-0.2, -0.15) is 0 Å². The topological polar surface area (TPSA) is 51.4 Å². The molecule has 18 heavy (non-hydrogen) atoms. The van der Waals surface area contributed by atoms with Crippen molar-refractivity contribution >= 4 is 0 Å². The highest BCUT2D eigenvalue weighted by atomic mass is 16.5. The molecule has 0 amide bonds. The number of nitrogens with two attached hydrogens (primary N) is 1. The summed E-state index contributed by atoms with van der Waals surface area (Å²) in [5.74, 6) is 0.668. The molecule has 1 saturated carbocycles. The number of ether oxygens (including phenoxy) is 1. The lowest BCUT2D eigenvalue weighted by molar-refractivity contribution is 0.119. The Morgan fingerprint density at radius 2 is 2.17 bits per heavy atom. The van der Waals surface area contributed by atoms with Gasteiger partial charge in [-0.1, -0.05) is 6.07 Å². The molecular weight excluding hydrogens is 226 g/mol. The Balaban J connectivity index is 1.85. The average Bonchev–Trinajstić information content (AvgIpc) is 3.23. The molecule has 1 aromatic rings. The third kappa shape index (κ3) is 2.22. The number of pyridine rings is 1. The molecule has 2 heterocycles. The normalized spacial score (nSPS) is 29.2. The first-order valence-electron chi connectivity index (χ1n) is 6.81. The van der Waals surface area contributed by atoms with Crippen LogP contribution in [0, 0.1) is 0 Å². The van der Waals surface area contributed by atoms with Crippen LogP contribution in [0.3, 0.4) is 0 Å². The number of hydrogen-bond donors (Lipinski definition) is 1. The van der Waals surface area contributed by atoms with Gasteiger partial charge in [0.2, 0.25) is 5.88 Å². The molecular formula is C14H21N3O. The van der Waals surface area contributed by atoms with Crippen LogP contribution in [0.2, 0.25) is 0 Å². The highest BCUT2D eigenvalue weighted by Gasteiger charge is 2.39. The van der Waals surface area contributed by atoms with Gasteiger partial charge in [-0.25, -0.2) is 4.98 Å². The number of hydrogen-bond acceptors (Lipinski definition) is 4. The summed E-state index contributed by atoms with van der Waals surface area (Å²) >= 11 is 0. The van der Waals surface area contributed by atoms with Gasteiger partial charge in [0.1, 0.15) is 0 Å². The summed E-state index contributed by atoms with van der Waals surface area (Å²) in [7, 11) is 1.64. The zero-order valence-electron chi connectivity index (χ0n) is 10.9. The van der Waals surface area contributed by atoms with Crippen LogP contribution >= 0.6 is 0 Å². The van der Waals surface area contributed by atoms with E-state index in [0.29, 0.717) is 11.9 Å². The molecule has 2 unspecified atom stereocenters. The molecule has 2 N–H and O–H groups in total. The monoisotopic (exact) mass is 247 g/mol. The minimum Gasteiger partial charge on any atom is -0.481 e. The molecule has 1 aliphatic carbocycles. The Bertz CT molecular complexity index is 402. The van der Waals surface area contributed by atoms with Gasteiger partial charge in [0.25, 0.3) is 0 Å². The van der Waals surface area contributed by atoms with Gasteiger partial charge < -0.3 is 10.5 Å². The second kappa shape index (κ2) is 4.86. The van der Waals surface area contributed by atoms with Gasteiger partial charge in [0.05, 0.1) is 13.2 Å². The lowest BCUT2D eigenvalue weighted by Gasteiger charge is -2.40. The maximum Gasteiger partial charge on any atom is 0.212 e. The van der Waals surface area contributed by atoms with E-state index in [2.05, 4.69) is 16.0 Å². The lowest BCUT2D eigenvalue weighted by atomic mass is 9.91. The van der Waals surface area contributed by atoms with Crippen LogP contribution in [0.25, 0.3) is 0 Å². The average molecular weight is 247 g/mol. The molecule has 1 aliphatic heterocycles. The fraction of sp³-hybridized carbons (Fsp3) is 0.643. The van der Waals surface area contributed by atoms with Crippen molar-refractivity contribution < 1.29 is 4.74 Å². The first-order chi connectivity index (χ1) is 8.79. The lowest BCUT2D eigenvalue weighted by Crippen LogP contribution is -2.46. The van der Waals surface area contributed by atoms with E-state index in [1.54, 1.807) is 7.11 Å². The van der Waals surface area contributed by atoms with Crippen LogP contribution in [-0.4, -0.2) is 35.6 Å². The zero-order chi connectivity index (χ0) is 12.5. The summed E-state index contributed by atoms with van der Waals surface area (Å²) in [6.07, 6.45) is 6.90. The van der Waals surface area contributed by atoms with Crippen LogP contribution < -0.4 is 10.5 Å². The summed E-state index contributed by atoms with van der Waals surface area (Å²) < 4.78 is 5.11. The third-order valence-corrected chi connectivity index (χ3v) is 4.04. The van der Waals surface area contributed by atoms with E-state index in [9.17, 15) is 0 Å². The van der Waals surface area contributed by atoms with Crippen LogP contribution in [0.1, 0.15) is 37.3 Å². The largest absolute Gasteiger partial charge is 0.481 e. The summed E-state index contributed by atoms with van der Waals surface area (Å²) in [5, 5.41) is 0. The van der Waals surface area contributed by atoms with Crippen molar-refractivity contribution in [2.45, 2.75) is 43.8 Å². The van der Waals surface area contributed by atoms with E-state index in [1.807, 2.05) is 12.3 Å². The second-order valence-electron chi connectivity index (χ2n) is 5.35. The Hall–Kier alpha value is -1.13. The van der Waals surface area contributed by atoms with Crippen LogP contribution in [0.5, 0.6) is 5.88 Å². The molecule has 2 atom stereocenters. The molecule has 1 aromatic heterocycles. The van der Waals surface area contributed by atoms with Crippen molar-refractivity contribution in [3.63, 3.8) is 0 Å². The van der Waals surface area contributed by atoms with Crippen molar-refractivity contribution in [3.8, 4) is 5.88 Å². The van der Waals surface area contributed by atoms with Crippen molar-refractivity contribution in [1.29, 1.82) is 0 Å². The number of nitrogens with zero attached hydrogens (tertiary/aromatic N) is 2. The minimum absolute atomic E-state index is 0.231. The van der Waals surface area contributed by atoms with Gasteiger partial charge in [0, 0.05) is 24.3 Å². The Labute approximate surface area is 108 Å². The first kappa shape index (κ1) is 11.9. The van der Waals surface area contributed by atoms with Gasteiger partial charge in [-0.3, -0.25) is 4.90 Å². The number of piperidine rings is 1. The van der Waals surface area contributed by atoms with Gasteiger partial charge in [-0.15, -0.1) is 0 Å². The van der Waals surface area contributed by atoms with Crippen LogP contribution in [0.4, 0.5) is 0 Å². The molecule has 2 fully saturated rings. The molecule has 1 saturated heterocycles. The summed E-state index contributed by atoms with van der Waals surface area (Å²) in [4.78, 5) is 6.90. The SMILES string of the molecule is COc1ccc(C2C(N)CCCN2C2CC2)cn1. The molecule has 4 heteroatoms. The van der Waals surface area contributed by atoms with Crippen molar-refractivity contribution in [2.75, 3.05) is 13.7 Å². The minimum atomic E-state index is 0.231. The molecule has 4 nitrogen and oxygen atoms in total. The fourth-order valence-electron chi connectivity index (χ4n) is 2.99. The van der Waals surface area contributed by atoms with E-state index in [4.69, 9.17) is 10.5 Å². The van der Waals surface area contributed by atoms with Crippen molar-refractivity contribution in [3.05, 3.63) is 23.9 Å². The Morgan fingerprint density at radius 1 is 1.33 bits per heavy atom. The molecule has 0 bridgehead atoms. The van der Waals surface area contributed by atoms with E-state index < -0.39 is 0 Å².